The number of hydrogen-bond acceptors (Lipinski definition) is 5. The van der Waals surface area contributed by atoms with Gasteiger partial charge in [-0.25, -0.2) is 9.59 Å². The van der Waals surface area contributed by atoms with E-state index in [4.69, 9.17) is 15.2 Å². The minimum atomic E-state index is -2.51. The van der Waals surface area contributed by atoms with Gasteiger partial charge in [-0.1, -0.05) is 140 Å². The van der Waals surface area contributed by atoms with Gasteiger partial charge in [0.05, 0.1) is 6.10 Å². The van der Waals surface area contributed by atoms with Gasteiger partial charge in [0.15, 0.2) is 0 Å². The molecule has 5 aromatic carbocycles. The summed E-state index contributed by atoms with van der Waals surface area (Å²) in [5, 5.41) is 10.5. The fourth-order valence-corrected chi connectivity index (χ4v) is 6.23. The molecule has 0 aliphatic heterocycles. The molecule has 6 rings (SSSR count). The van der Waals surface area contributed by atoms with Crippen molar-refractivity contribution in [1.29, 1.82) is 0 Å². The molecule has 0 bridgehead atoms. The number of nitrogens with two attached hydrogens (primary N) is 1. The van der Waals surface area contributed by atoms with Gasteiger partial charge >= 0.3 is 11.9 Å². The SMILES string of the molecule is C[C@@H](OC(c1ccccc1)(c1ccccc1)c1ccccc1)[C@](N)(C(=O)O)C(=O)OCC1c2ccccc2-c2ccccc21. The Hall–Kier alpha value is -5.04. The van der Waals surface area contributed by atoms with Gasteiger partial charge in [0.1, 0.15) is 12.2 Å². The van der Waals surface area contributed by atoms with Crippen molar-refractivity contribution in [2.75, 3.05) is 6.61 Å². The van der Waals surface area contributed by atoms with Crippen LogP contribution < -0.4 is 5.73 Å². The monoisotopic (exact) mass is 583 g/mol. The Labute approximate surface area is 256 Å². The van der Waals surface area contributed by atoms with E-state index in [9.17, 15) is 14.7 Å². The van der Waals surface area contributed by atoms with Crippen LogP contribution in [0.4, 0.5) is 0 Å². The molecule has 5 aromatic rings. The van der Waals surface area contributed by atoms with Crippen LogP contribution in [0, 0.1) is 0 Å². The molecule has 6 heteroatoms. The molecular formula is C38H33NO5. The lowest BCUT2D eigenvalue weighted by molar-refractivity contribution is -0.173. The summed E-state index contributed by atoms with van der Waals surface area (Å²) in [5.74, 6) is -2.86. The van der Waals surface area contributed by atoms with Crippen LogP contribution >= 0.6 is 0 Å². The second-order valence-electron chi connectivity index (χ2n) is 11.0. The number of hydrogen-bond donors (Lipinski definition) is 2. The molecule has 0 saturated carbocycles. The highest BCUT2D eigenvalue weighted by Crippen LogP contribution is 2.45. The number of carbonyl (C=O) groups is 2. The number of carboxylic acids is 1. The molecule has 0 unspecified atom stereocenters. The summed E-state index contributed by atoms with van der Waals surface area (Å²) in [6, 6.07) is 44.4. The van der Waals surface area contributed by atoms with Crippen molar-refractivity contribution in [2.24, 2.45) is 5.73 Å². The first-order valence-electron chi connectivity index (χ1n) is 14.6. The Kier molecular flexibility index (Phi) is 7.87. The largest absolute Gasteiger partial charge is 0.479 e. The van der Waals surface area contributed by atoms with Gasteiger partial charge in [0, 0.05) is 5.92 Å². The number of carbonyl (C=O) groups excluding carboxylic acids is 1. The smallest absolute Gasteiger partial charge is 0.340 e. The number of benzene rings is 5. The van der Waals surface area contributed by atoms with Crippen LogP contribution in [0.3, 0.4) is 0 Å². The first-order valence-corrected chi connectivity index (χ1v) is 14.6. The Morgan fingerprint density at radius 2 is 1.07 bits per heavy atom. The van der Waals surface area contributed by atoms with Crippen LogP contribution in [-0.2, 0) is 24.7 Å². The molecule has 1 aliphatic carbocycles. The molecule has 0 aromatic heterocycles. The number of aliphatic carboxylic acids is 1. The lowest BCUT2D eigenvalue weighted by Gasteiger charge is -2.41. The van der Waals surface area contributed by atoms with Crippen molar-refractivity contribution in [3.63, 3.8) is 0 Å². The van der Waals surface area contributed by atoms with E-state index in [-0.39, 0.29) is 12.5 Å². The molecule has 0 radical (unpaired) electrons. The van der Waals surface area contributed by atoms with Crippen molar-refractivity contribution in [3.05, 3.63) is 167 Å². The Bertz CT molecular complexity index is 1630. The molecule has 0 saturated heterocycles. The predicted molar refractivity (Wildman–Crippen MR) is 169 cm³/mol. The molecule has 6 nitrogen and oxygen atoms in total. The van der Waals surface area contributed by atoms with Crippen molar-refractivity contribution in [1.82, 2.24) is 0 Å². The van der Waals surface area contributed by atoms with Gasteiger partial charge in [-0.05, 0) is 45.9 Å². The van der Waals surface area contributed by atoms with Crippen LogP contribution in [0.2, 0.25) is 0 Å². The number of fused-ring (bicyclic) bond motifs is 3. The minimum Gasteiger partial charge on any atom is -0.479 e. The van der Waals surface area contributed by atoms with Crippen LogP contribution in [0.25, 0.3) is 11.1 Å². The summed E-state index contributed by atoms with van der Waals surface area (Å²) in [6.45, 7) is 1.45. The van der Waals surface area contributed by atoms with Crippen molar-refractivity contribution < 1.29 is 24.2 Å². The summed E-state index contributed by atoms with van der Waals surface area (Å²) < 4.78 is 12.6. The predicted octanol–water partition coefficient (Wildman–Crippen LogP) is 6.52. The maximum atomic E-state index is 13.8. The van der Waals surface area contributed by atoms with E-state index in [2.05, 4.69) is 0 Å². The van der Waals surface area contributed by atoms with E-state index in [0.717, 1.165) is 38.9 Å². The zero-order chi connectivity index (χ0) is 30.7. The van der Waals surface area contributed by atoms with Crippen molar-refractivity contribution in [2.45, 2.75) is 30.1 Å². The maximum Gasteiger partial charge on any atom is 0.340 e. The summed E-state index contributed by atoms with van der Waals surface area (Å²) in [7, 11) is 0. The summed E-state index contributed by atoms with van der Waals surface area (Å²) in [4.78, 5) is 26.7. The second kappa shape index (κ2) is 11.9. The first-order chi connectivity index (χ1) is 21.4. The van der Waals surface area contributed by atoms with Crippen molar-refractivity contribution in [3.8, 4) is 11.1 Å². The lowest BCUT2D eigenvalue weighted by atomic mass is 9.79. The standard InChI is InChI=1S/C38H33NO5/c1-26(44-38(27-15-5-2-6-16-27,28-17-7-3-8-18-28)29-19-9-4-10-20-29)37(39,35(40)41)36(42)43-25-34-32-23-13-11-21-30(32)31-22-12-14-24-33(31)34/h2-24,26,34H,25,39H2,1H3,(H,40,41)/t26-,37+/m1/s1. The minimum absolute atomic E-state index is 0.0625. The highest BCUT2D eigenvalue weighted by molar-refractivity contribution is 6.04. The number of carboxylic acid groups (broad SMARTS) is 1. The molecule has 1 aliphatic rings. The fourth-order valence-electron chi connectivity index (χ4n) is 6.23. The van der Waals surface area contributed by atoms with Gasteiger partial charge in [-0.15, -0.1) is 0 Å². The van der Waals surface area contributed by atoms with Crippen LogP contribution in [0.5, 0.6) is 0 Å². The van der Waals surface area contributed by atoms with E-state index >= 15 is 0 Å². The zero-order valence-electron chi connectivity index (χ0n) is 24.3. The van der Waals surface area contributed by atoms with E-state index in [1.165, 1.54) is 6.92 Å². The normalized spacial score (nSPS) is 14.6. The average molecular weight is 584 g/mol. The Balaban J connectivity index is 1.36. The molecule has 3 N–H and O–H groups in total. The maximum absolute atomic E-state index is 13.8. The van der Waals surface area contributed by atoms with Gasteiger partial charge in [0.2, 0.25) is 5.54 Å². The van der Waals surface area contributed by atoms with Crippen molar-refractivity contribution >= 4 is 11.9 Å². The van der Waals surface area contributed by atoms with Crippen LogP contribution in [0.15, 0.2) is 140 Å². The highest BCUT2D eigenvalue weighted by atomic mass is 16.6. The Morgan fingerprint density at radius 3 is 1.48 bits per heavy atom. The molecule has 2 atom stereocenters. The third-order valence-electron chi connectivity index (χ3n) is 8.57. The third kappa shape index (κ3) is 4.88. The van der Waals surface area contributed by atoms with Gasteiger partial charge < -0.3 is 20.3 Å². The number of rotatable bonds is 10. The summed E-state index contributed by atoms with van der Waals surface area (Å²) in [5.41, 5.74) is 9.17. The highest BCUT2D eigenvalue weighted by Gasteiger charge is 2.54. The van der Waals surface area contributed by atoms with E-state index < -0.39 is 29.2 Å². The molecule has 44 heavy (non-hydrogen) atoms. The zero-order valence-corrected chi connectivity index (χ0v) is 24.3. The van der Waals surface area contributed by atoms with Gasteiger partial charge in [-0.3, -0.25) is 0 Å². The molecule has 0 spiro atoms. The fraction of sp³-hybridized carbons (Fsp3) is 0.158. The summed E-state index contributed by atoms with van der Waals surface area (Å²) in [6.07, 6.45) is -1.32. The summed E-state index contributed by atoms with van der Waals surface area (Å²) >= 11 is 0. The molecule has 0 amide bonds. The number of esters is 1. The van der Waals surface area contributed by atoms with Crippen LogP contribution in [0.1, 0.15) is 40.7 Å². The van der Waals surface area contributed by atoms with Crippen LogP contribution in [-0.4, -0.2) is 35.3 Å². The topological polar surface area (TPSA) is 98.9 Å². The first kappa shape index (κ1) is 29.1. The Morgan fingerprint density at radius 1 is 0.682 bits per heavy atom. The second-order valence-corrected chi connectivity index (χ2v) is 11.0. The average Bonchev–Trinajstić information content (AvgIpc) is 3.40. The molecular weight excluding hydrogens is 550 g/mol. The van der Waals surface area contributed by atoms with Gasteiger partial charge in [0.25, 0.3) is 0 Å². The molecule has 0 fully saturated rings. The quantitative estimate of drug-likeness (QED) is 0.110. The van der Waals surface area contributed by atoms with E-state index in [1.807, 2.05) is 140 Å². The number of ether oxygens (including phenoxy) is 2. The lowest BCUT2D eigenvalue weighted by Crippen LogP contribution is -2.65. The van der Waals surface area contributed by atoms with Gasteiger partial charge in [-0.2, -0.15) is 0 Å². The van der Waals surface area contributed by atoms with E-state index in [0.29, 0.717) is 0 Å². The van der Waals surface area contributed by atoms with E-state index in [1.54, 1.807) is 0 Å². The molecule has 0 heterocycles. The molecule has 220 valence electrons. The third-order valence-corrected chi connectivity index (χ3v) is 8.57.